The van der Waals surface area contributed by atoms with E-state index in [1.54, 1.807) is 0 Å². The summed E-state index contributed by atoms with van der Waals surface area (Å²) in [5.41, 5.74) is 0. The molecular weight excluding hydrogens is 1010 g/mol. The topological polar surface area (TPSA) is 78.9 Å². The largest absolute Gasteiger partial charge is 0.462 e. The van der Waals surface area contributed by atoms with Gasteiger partial charge in [0, 0.05) is 19.3 Å². The summed E-state index contributed by atoms with van der Waals surface area (Å²) >= 11 is 0. The molecule has 0 saturated carbocycles. The zero-order valence-electron chi connectivity index (χ0n) is 55.3. The van der Waals surface area contributed by atoms with Crippen molar-refractivity contribution in [2.75, 3.05) is 13.2 Å². The number of carbonyl (C=O) groups is 3. The summed E-state index contributed by atoms with van der Waals surface area (Å²) in [6.45, 7) is 6.66. The number of carbonyl (C=O) groups excluding carboxylic acids is 3. The molecule has 82 heavy (non-hydrogen) atoms. The second-order valence-electron chi connectivity index (χ2n) is 24.9. The first-order chi connectivity index (χ1) is 40.5. The molecule has 0 rings (SSSR count). The summed E-state index contributed by atoms with van der Waals surface area (Å²) in [5, 5.41) is 0. The van der Waals surface area contributed by atoms with E-state index in [0.717, 1.165) is 83.5 Å². The molecule has 0 spiro atoms. The molecule has 0 aromatic heterocycles. The molecule has 1 atom stereocenters. The Bertz CT molecular complexity index is 1410. The van der Waals surface area contributed by atoms with E-state index in [1.165, 1.54) is 276 Å². The van der Waals surface area contributed by atoms with E-state index < -0.39 is 6.10 Å². The molecule has 0 aliphatic rings. The first-order valence-electron chi connectivity index (χ1n) is 36.6. The molecule has 0 N–H and O–H groups in total. The van der Waals surface area contributed by atoms with Crippen molar-refractivity contribution in [2.24, 2.45) is 0 Å². The van der Waals surface area contributed by atoms with Gasteiger partial charge in [-0.25, -0.2) is 0 Å². The van der Waals surface area contributed by atoms with Crippen LogP contribution in [0, 0.1) is 0 Å². The second-order valence-corrected chi connectivity index (χ2v) is 24.9. The van der Waals surface area contributed by atoms with E-state index in [2.05, 4.69) is 69.4 Å². The second kappa shape index (κ2) is 70.9. The Kier molecular flexibility index (Phi) is 68.6. The lowest BCUT2D eigenvalue weighted by molar-refractivity contribution is -0.167. The standard InChI is InChI=1S/C76H140O6/c1-4-7-10-13-16-19-22-25-27-29-30-31-32-33-34-35-36-37-38-39-40-41-42-43-44-45-46-47-49-51-54-57-60-63-66-69-75(78)81-72-73(71-80-74(77)68-65-62-59-56-53-50-24-21-18-15-12-9-6-3)82-76(79)70-67-64-61-58-55-52-48-28-26-23-20-17-14-11-8-5-2/h20,22-23,25,28-30,48,73H,4-19,21,24,26-27,31-47,49-72H2,1-3H3/b23-20-,25-22-,30-29-,48-28-. The summed E-state index contributed by atoms with van der Waals surface area (Å²) in [6, 6.07) is 0. The molecular formula is C76H140O6. The fraction of sp³-hybridized carbons (Fsp3) is 0.855. The van der Waals surface area contributed by atoms with E-state index in [0.29, 0.717) is 19.3 Å². The van der Waals surface area contributed by atoms with Gasteiger partial charge >= 0.3 is 17.9 Å². The highest BCUT2D eigenvalue weighted by molar-refractivity contribution is 5.71. The van der Waals surface area contributed by atoms with E-state index in [9.17, 15) is 14.4 Å². The van der Waals surface area contributed by atoms with Gasteiger partial charge in [0.15, 0.2) is 6.10 Å². The molecule has 480 valence electrons. The van der Waals surface area contributed by atoms with Crippen molar-refractivity contribution < 1.29 is 28.6 Å². The van der Waals surface area contributed by atoms with Gasteiger partial charge in [0.2, 0.25) is 0 Å². The number of esters is 3. The molecule has 0 aromatic carbocycles. The zero-order valence-corrected chi connectivity index (χ0v) is 55.3. The van der Waals surface area contributed by atoms with Gasteiger partial charge in [0.25, 0.3) is 0 Å². The van der Waals surface area contributed by atoms with Crippen molar-refractivity contribution in [1.29, 1.82) is 0 Å². The van der Waals surface area contributed by atoms with E-state index in [4.69, 9.17) is 14.2 Å². The maximum absolute atomic E-state index is 12.9. The van der Waals surface area contributed by atoms with Gasteiger partial charge in [-0.05, 0) is 83.5 Å². The molecule has 0 aromatic rings. The van der Waals surface area contributed by atoms with Crippen LogP contribution in [0.15, 0.2) is 48.6 Å². The van der Waals surface area contributed by atoms with Gasteiger partial charge < -0.3 is 14.2 Å². The fourth-order valence-electron chi connectivity index (χ4n) is 11.0. The monoisotopic (exact) mass is 1150 g/mol. The predicted molar refractivity (Wildman–Crippen MR) is 358 cm³/mol. The Morgan fingerprint density at radius 2 is 0.439 bits per heavy atom. The van der Waals surface area contributed by atoms with Crippen molar-refractivity contribution in [2.45, 2.75) is 406 Å². The normalized spacial score (nSPS) is 12.3. The first kappa shape index (κ1) is 79.4. The van der Waals surface area contributed by atoms with Crippen LogP contribution in [0.5, 0.6) is 0 Å². The Morgan fingerprint density at radius 3 is 0.683 bits per heavy atom. The number of ether oxygens (including phenoxy) is 3. The molecule has 6 nitrogen and oxygen atoms in total. The molecule has 0 radical (unpaired) electrons. The van der Waals surface area contributed by atoms with Crippen LogP contribution in [0.2, 0.25) is 0 Å². The summed E-state index contributed by atoms with van der Waals surface area (Å²) < 4.78 is 17.0. The maximum Gasteiger partial charge on any atom is 0.306 e. The highest BCUT2D eigenvalue weighted by atomic mass is 16.6. The van der Waals surface area contributed by atoms with Gasteiger partial charge in [-0.15, -0.1) is 0 Å². The zero-order chi connectivity index (χ0) is 59.2. The Balaban J connectivity index is 4.07. The van der Waals surface area contributed by atoms with Crippen LogP contribution in [0.3, 0.4) is 0 Å². The van der Waals surface area contributed by atoms with Crippen molar-refractivity contribution in [3.63, 3.8) is 0 Å². The molecule has 0 fully saturated rings. The van der Waals surface area contributed by atoms with Crippen LogP contribution in [0.25, 0.3) is 0 Å². The molecule has 6 heteroatoms. The number of rotatable bonds is 68. The molecule has 1 unspecified atom stereocenters. The lowest BCUT2D eigenvalue weighted by Crippen LogP contribution is -2.30. The van der Waals surface area contributed by atoms with E-state index >= 15 is 0 Å². The van der Waals surface area contributed by atoms with Gasteiger partial charge in [0.1, 0.15) is 13.2 Å². The number of unbranched alkanes of at least 4 members (excludes halogenated alkanes) is 49. The third kappa shape index (κ3) is 68.2. The van der Waals surface area contributed by atoms with Crippen molar-refractivity contribution in [1.82, 2.24) is 0 Å². The quantitative estimate of drug-likeness (QED) is 0.0261. The van der Waals surface area contributed by atoms with Crippen molar-refractivity contribution in [3.05, 3.63) is 48.6 Å². The molecule has 0 aliphatic heterocycles. The third-order valence-electron chi connectivity index (χ3n) is 16.6. The Labute approximate surface area is 511 Å². The summed E-state index contributed by atoms with van der Waals surface area (Å²) in [7, 11) is 0. The van der Waals surface area contributed by atoms with E-state index in [1.807, 2.05) is 0 Å². The van der Waals surface area contributed by atoms with Crippen molar-refractivity contribution >= 4 is 17.9 Å². The predicted octanol–water partition coefficient (Wildman–Crippen LogP) is 25.3. The first-order valence-corrected chi connectivity index (χ1v) is 36.6. The molecule has 0 heterocycles. The van der Waals surface area contributed by atoms with E-state index in [-0.39, 0.29) is 31.1 Å². The number of hydrogen-bond donors (Lipinski definition) is 0. The molecule has 0 saturated heterocycles. The average Bonchev–Trinajstić information content (AvgIpc) is 3.47. The minimum Gasteiger partial charge on any atom is -0.462 e. The van der Waals surface area contributed by atoms with Crippen LogP contribution >= 0.6 is 0 Å². The van der Waals surface area contributed by atoms with Crippen LogP contribution in [-0.2, 0) is 28.6 Å². The summed E-state index contributed by atoms with van der Waals surface area (Å²) in [4.78, 5) is 38.4. The van der Waals surface area contributed by atoms with Crippen LogP contribution in [0.1, 0.15) is 400 Å². The lowest BCUT2D eigenvalue weighted by atomic mass is 10.0. The van der Waals surface area contributed by atoms with Crippen LogP contribution in [-0.4, -0.2) is 37.2 Å². The summed E-state index contributed by atoms with van der Waals surface area (Å²) in [6.07, 6.45) is 90.2. The minimum atomic E-state index is -0.777. The molecule has 0 amide bonds. The maximum atomic E-state index is 12.9. The lowest BCUT2D eigenvalue weighted by Gasteiger charge is -2.18. The fourth-order valence-corrected chi connectivity index (χ4v) is 11.0. The SMILES string of the molecule is CCCCCC/C=C\C/C=C\CCCCCCCC(=O)OC(COC(=O)CCCCCCCCCCCCCCC)COC(=O)CCCCCCCCCCCCCCCCCCCCCCCCC/C=C\C/C=C\CCCCCCC. The third-order valence-corrected chi connectivity index (χ3v) is 16.6. The van der Waals surface area contributed by atoms with Gasteiger partial charge in [-0.1, -0.05) is 345 Å². The van der Waals surface area contributed by atoms with Crippen LogP contribution in [0.4, 0.5) is 0 Å². The smallest absolute Gasteiger partial charge is 0.306 e. The van der Waals surface area contributed by atoms with Crippen molar-refractivity contribution in [3.8, 4) is 0 Å². The highest BCUT2D eigenvalue weighted by Gasteiger charge is 2.19. The number of allylic oxidation sites excluding steroid dienone is 8. The Hall–Kier alpha value is -2.63. The molecule has 0 aliphatic carbocycles. The average molecular weight is 1150 g/mol. The van der Waals surface area contributed by atoms with Crippen LogP contribution < -0.4 is 0 Å². The number of hydrogen-bond acceptors (Lipinski definition) is 6. The minimum absolute atomic E-state index is 0.0730. The van der Waals surface area contributed by atoms with Gasteiger partial charge in [-0.2, -0.15) is 0 Å². The van der Waals surface area contributed by atoms with Gasteiger partial charge in [-0.3, -0.25) is 14.4 Å². The summed E-state index contributed by atoms with van der Waals surface area (Å²) in [5.74, 6) is -0.860. The van der Waals surface area contributed by atoms with Gasteiger partial charge in [0.05, 0.1) is 0 Å². The highest BCUT2D eigenvalue weighted by Crippen LogP contribution is 2.18. The molecule has 0 bridgehead atoms. The Morgan fingerprint density at radius 1 is 0.244 bits per heavy atom.